The molecule has 5 nitrogen and oxygen atoms in total. The lowest BCUT2D eigenvalue weighted by molar-refractivity contribution is -0.385. The Morgan fingerprint density at radius 3 is 2.83 bits per heavy atom. The van der Waals surface area contributed by atoms with Gasteiger partial charge in [0.05, 0.1) is 16.0 Å². The summed E-state index contributed by atoms with van der Waals surface area (Å²) in [5, 5.41) is 11.0. The Labute approximate surface area is 117 Å². The number of nitrogens with zero attached hydrogens (tertiary/aromatic N) is 1. The standard InChI is InChI=1S/C11H11BrClNO4/c1-17-11-7(12)5-10(11)18-9-4-6(14(15)16)2-3-8(9)13/h2-4,7,10-11H,5H2,1H3. The molecule has 1 fully saturated rings. The topological polar surface area (TPSA) is 61.6 Å². The van der Waals surface area contributed by atoms with Gasteiger partial charge in [-0.15, -0.1) is 0 Å². The molecule has 0 N–H and O–H groups in total. The molecule has 0 radical (unpaired) electrons. The molecule has 0 aliphatic heterocycles. The Balaban J connectivity index is 2.14. The minimum Gasteiger partial charge on any atom is -0.486 e. The van der Waals surface area contributed by atoms with E-state index in [0.717, 1.165) is 6.42 Å². The predicted molar refractivity (Wildman–Crippen MR) is 70.7 cm³/mol. The number of non-ortho nitro benzene ring substituents is 1. The summed E-state index contributed by atoms with van der Waals surface area (Å²) in [7, 11) is 1.60. The molecule has 2 rings (SSSR count). The number of alkyl halides is 1. The fraction of sp³-hybridized carbons (Fsp3) is 0.455. The van der Waals surface area contributed by atoms with Gasteiger partial charge in [-0.1, -0.05) is 27.5 Å². The van der Waals surface area contributed by atoms with Gasteiger partial charge < -0.3 is 9.47 Å². The average Bonchev–Trinajstić information content (AvgIpc) is 2.31. The smallest absolute Gasteiger partial charge is 0.273 e. The summed E-state index contributed by atoms with van der Waals surface area (Å²) < 4.78 is 10.9. The second kappa shape index (κ2) is 5.42. The summed E-state index contributed by atoms with van der Waals surface area (Å²) in [5.41, 5.74) is -0.0434. The third kappa shape index (κ3) is 2.60. The van der Waals surface area contributed by atoms with E-state index >= 15 is 0 Å². The lowest BCUT2D eigenvalue weighted by Crippen LogP contribution is -2.51. The lowest BCUT2D eigenvalue weighted by Gasteiger charge is -2.40. The first-order valence-corrected chi connectivity index (χ1v) is 6.59. The van der Waals surface area contributed by atoms with Crippen LogP contribution < -0.4 is 4.74 Å². The van der Waals surface area contributed by atoms with E-state index in [1.54, 1.807) is 7.11 Å². The highest BCUT2D eigenvalue weighted by atomic mass is 79.9. The van der Waals surface area contributed by atoms with Crippen molar-refractivity contribution in [1.29, 1.82) is 0 Å². The number of hydrogen-bond acceptors (Lipinski definition) is 4. The lowest BCUT2D eigenvalue weighted by atomic mass is 9.91. The zero-order chi connectivity index (χ0) is 13.3. The zero-order valence-electron chi connectivity index (χ0n) is 9.51. The molecule has 7 heteroatoms. The van der Waals surface area contributed by atoms with Crippen LogP contribution in [-0.4, -0.2) is 29.1 Å². The molecule has 18 heavy (non-hydrogen) atoms. The highest BCUT2D eigenvalue weighted by molar-refractivity contribution is 9.09. The molecule has 0 amide bonds. The van der Waals surface area contributed by atoms with Crippen LogP contribution in [0.15, 0.2) is 18.2 Å². The van der Waals surface area contributed by atoms with Crippen molar-refractivity contribution >= 4 is 33.2 Å². The number of hydrogen-bond donors (Lipinski definition) is 0. The van der Waals surface area contributed by atoms with Gasteiger partial charge in [0, 0.05) is 24.4 Å². The van der Waals surface area contributed by atoms with Gasteiger partial charge in [0.2, 0.25) is 0 Å². The largest absolute Gasteiger partial charge is 0.486 e. The molecule has 1 saturated carbocycles. The molecule has 0 aromatic heterocycles. The van der Waals surface area contributed by atoms with Crippen molar-refractivity contribution in [2.24, 2.45) is 0 Å². The third-order valence-corrected chi connectivity index (χ3v) is 4.06. The summed E-state index contributed by atoms with van der Waals surface area (Å²) >= 11 is 9.40. The highest BCUT2D eigenvalue weighted by Crippen LogP contribution is 2.37. The van der Waals surface area contributed by atoms with E-state index in [0.29, 0.717) is 10.8 Å². The summed E-state index contributed by atoms with van der Waals surface area (Å²) in [6, 6.07) is 4.13. The maximum absolute atomic E-state index is 10.7. The Kier molecular flexibility index (Phi) is 4.09. The van der Waals surface area contributed by atoms with Gasteiger partial charge in [0.15, 0.2) is 0 Å². The van der Waals surface area contributed by atoms with E-state index in [4.69, 9.17) is 21.1 Å². The zero-order valence-corrected chi connectivity index (χ0v) is 11.8. The number of methoxy groups -OCH3 is 1. The van der Waals surface area contributed by atoms with Crippen molar-refractivity contribution in [2.75, 3.05) is 7.11 Å². The highest BCUT2D eigenvalue weighted by Gasteiger charge is 2.42. The SMILES string of the molecule is COC1C(Br)CC1Oc1cc([N+](=O)[O-])ccc1Cl. The minimum atomic E-state index is -0.481. The molecule has 3 unspecified atom stereocenters. The average molecular weight is 337 g/mol. The first-order chi connectivity index (χ1) is 8.52. The van der Waals surface area contributed by atoms with E-state index in [2.05, 4.69) is 15.9 Å². The van der Waals surface area contributed by atoms with Crippen LogP contribution in [0.3, 0.4) is 0 Å². The molecule has 0 saturated heterocycles. The van der Waals surface area contributed by atoms with Crippen LogP contribution in [0.4, 0.5) is 5.69 Å². The normalized spacial score (nSPS) is 26.5. The first kappa shape index (κ1) is 13.6. The Morgan fingerprint density at radius 1 is 1.56 bits per heavy atom. The maximum Gasteiger partial charge on any atom is 0.273 e. The first-order valence-electron chi connectivity index (χ1n) is 5.30. The van der Waals surface area contributed by atoms with E-state index in [1.807, 2.05) is 0 Å². The molecule has 98 valence electrons. The second-order valence-electron chi connectivity index (χ2n) is 3.98. The molecule has 1 aromatic rings. The van der Waals surface area contributed by atoms with Gasteiger partial charge in [-0.05, 0) is 6.07 Å². The van der Waals surface area contributed by atoms with E-state index in [1.165, 1.54) is 18.2 Å². The number of nitro groups is 1. The van der Waals surface area contributed by atoms with Crippen LogP contribution in [0.5, 0.6) is 5.75 Å². The van der Waals surface area contributed by atoms with Gasteiger partial charge in [-0.3, -0.25) is 10.1 Å². The molecule has 0 spiro atoms. The van der Waals surface area contributed by atoms with Crippen LogP contribution in [0.2, 0.25) is 5.02 Å². The molecular formula is C11H11BrClNO4. The molecular weight excluding hydrogens is 325 g/mol. The van der Waals surface area contributed by atoms with E-state index in [9.17, 15) is 10.1 Å². The molecule has 1 aliphatic carbocycles. The second-order valence-corrected chi connectivity index (χ2v) is 5.56. The predicted octanol–water partition coefficient (Wildman–Crippen LogP) is 3.18. The van der Waals surface area contributed by atoms with Crippen LogP contribution in [0.25, 0.3) is 0 Å². The van der Waals surface area contributed by atoms with Crippen LogP contribution in [0.1, 0.15) is 6.42 Å². The molecule has 0 bridgehead atoms. The number of ether oxygens (including phenoxy) is 2. The summed E-state index contributed by atoms with van der Waals surface area (Å²) in [6.45, 7) is 0. The van der Waals surface area contributed by atoms with Crippen molar-refractivity contribution in [2.45, 2.75) is 23.5 Å². The third-order valence-electron chi connectivity index (χ3n) is 2.86. The summed E-state index contributed by atoms with van der Waals surface area (Å²) in [5.74, 6) is 0.317. The fourth-order valence-electron chi connectivity index (χ4n) is 1.80. The Hall–Kier alpha value is -0.850. The van der Waals surface area contributed by atoms with Crippen LogP contribution >= 0.6 is 27.5 Å². The van der Waals surface area contributed by atoms with Gasteiger partial charge in [0.1, 0.15) is 18.0 Å². The van der Waals surface area contributed by atoms with Crippen LogP contribution in [0, 0.1) is 10.1 Å². The van der Waals surface area contributed by atoms with Gasteiger partial charge in [0.25, 0.3) is 5.69 Å². The number of benzene rings is 1. The summed E-state index contributed by atoms with van der Waals surface area (Å²) in [4.78, 5) is 10.4. The van der Waals surface area contributed by atoms with Crippen molar-refractivity contribution in [3.8, 4) is 5.75 Å². The van der Waals surface area contributed by atoms with Gasteiger partial charge in [-0.25, -0.2) is 0 Å². The number of nitro benzene ring substituents is 1. The molecule has 3 atom stereocenters. The van der Waals surface area contributed by atoms with Gasteiger partial charge >= 0.3 is 0 Å². The summed E-state index contributed by atoms with van der Waals surface area (Å²) in [6.07, 6.45) is 0.566. The maximum atomic E-state index is 10.7. The fourth-order valence-corrected chi connectivity index (χ4v) is 2.89. The minimum absolute atomic E-state index is 0.0434. The Morgan fingerprint density at radius 2 is 2.28 bits per heavy atom. The van der Waals surface area contributed by atoms with E-state index in [-0.39, 0.29) is 22.7 Å². The van der Waals surface area contributed by atoms with Gasteiger partial charge in [-0.2, -0.15) is 0 Å². The van der Waals surface area contributed by atoms with E-state index < -0.39 is 4.92 Å². The van der Waals surface area contributed by atoms with Crippen molar-refractivity contribution in [3.63, 3.8) is 0 Å². The van der Waals surface area contributed by atoms with Crippen molar-refractivity contribution < 1.29 is 14.4 Å². The monoisotopic (exact) mass is 335 g/mol. The Bertz CT molecular complexity index is 470. The van der Waals surface area contributed by atoms with Crippen LogP contribution in [-0.2, 0) is 4.74 Å². The van der Waals surface area contributed by atoms with Crippen molar-refractivity contribution in [3.05, 3.63) is 33.3 Å². The number of rotatable bonds is 4. The molecule has 1 aromatic carbocycles. The van der Waals surface area contributed by atoms with Crippen molar-refractivity contribution in [1.82, 2.24) is 0 Å². The molecule has 0 heterocycles. The molecule has 1 aliphatic rings. The number of halogens is 2. The quantitative estimate of drug-likeness (QED) is 0.481.